The number of primary amides is 1. The van der Waals surface area contributed by atoms with E-state index in [0.29, 0.717) is 31.7 Å². The molecule has 2 atom stereocenters. The Morgan fingerprint density at radius 3 is 2.79 bits per heavy atom. The van der Waals surface area contributed by atoms with Gasteiger partial charge in [-0.2, -0.15) is 5.10 Å². The summed E-state index contributed by atoms with van der Waals surface area (Å²) in [6.07, 6.45) is 0.620. The molecule has 0 unspecified atom stereocenters. The summed E-state index contributed by atoms with van der Waals surface area (Å²) in [7, 11) is 0. The highest BCUT2D eigenvalue weighted by Gasteiger charge is 2.35. The maximum absolute atomic E-state index is 12.9. The molecule has 2 heterocycles. The molecule has 2 aromatic rings. The molecular weight excluding hydrogens is 424 g/mol. The molecule has 3 rings (SSSR count). The predicted octanol–water partition coefficient (Wildman–Crippen LogP) is 2.76. The minimum atomic E-state index is -0.395. The number of ether oxygens (including phenoxy) is 1. The van der Waals surface area contributed by atoms with Gasteiger partial charge < -0.3 is 15.4 Å². The van der Waals surface area contributed by atoms with Gasteiger partial charge in [-0.05, 0) is 38.1 Å². The summed E-state index contributed by atoms with van der Waals surface area (Å²) in [6, 6.07) is 9.39. The summed E-state index contributed by atoms with van der Waals surface area (Å²) in [6.45, 7) is 5.60. The Labute approximate surface area is 173 Å². The van der Waals surface area contributed by atoms with Crippen molar-refractivity contribution in [3.05, 3.63) is 46.2 Å². The fourth-order valence-corrected chi connectivity index (χ4v) is 3.99. The highest BCUT2D eigenvalue weighted by molar-refractivity contribution is 9.10. The number of amides is 2. The molecule has 1 aliphatic heterocycles. The van der Waals surface area contributed by atoms with Gasteiger partial charge in [-0.3, -0.25) is 14.3 Å². The largest absolute Gasteiger partial charge is 0.490 e. The quantitative estimate of drug-likeness (QED) is 0.735. The van der Waals surface area contributed by atoms with E-state index in [4.69, 9.17) is 10.5 Å². The fraction of sp³-hybridized carbons (Fsp3) is 0.450. The van der Waals surface area contributed by atoms with E-state index in [2.05, 4.69) is 21.0 Å². The molecule has 28 heavy (non-hydrogen) atoms. The van der Waals surface area contributed by atoms with Gasteiger partial charge in [0, 0.05) is 48.6 Å². The van der Waals surface area contributed by atoms with E-state index in [-0.39, 0.29) is 24.3 Å². The van der Waals surface area contributed by atoms with Gasteiger partial charge in [-0.25, -0.2) is 0 Å². The van der Waals surface area contributed by atoms with E-state index in [1.807, 2.05) is 38.1 Å². The number of likely N-dealkylation sites (tertiary alicyclic amines) is 1. The lowest BCUT2D eigenvalue weighted by Gasteiger charge is -2.38. The van der Waals surface area contributed by atoms with Crippen molar-refractivity contribution in [1.29, 1.82) is 0 Å². The Morgan fingerprint density at radius 2 is 2.14 bits per heavy atom. The minimum absolute atomic E-state index is 0.120. The molecule has 1 aromatic carbocycles. The van der Waals surface area contributed by atoms with E-state index in [1.54, 1.807) is 15.6 Å². The number of rotatable bonds is 6. The van der Waals surface area contributed by atoms with Crippen LogP contribution in [0.25, 0.3) is 0 Å². The summed E-state index contributed by atoms with van der Waals surface area (Å²) < 4.78 is 8.85. The number of piperidine rings is 1. The third-order valence-electron chi connectivity index (χ3n) is 5.00. The first-order chi connectivity index (χ1) is 13.4. The number of benzene rings is 1. The predicted molar refractivity (Wildman–Crippen MR) is 109 cm³/mol. The topological polar surface area (TPSA) is 90.4 Å². The second-order valence-corrected chi connectivity index (χ2v) is 7.99. The molecule has 7 nitrogen and oxygen atoms in total. The van der Waals surface area contributed by atoms with E-state index in [9.17, 15) is 9.59 Å². The van der Waals surface area contributed by atoms with Crippen molar-refractivity contribution in [2.45, 2.75) is 39.3 Å². The average Bonchev–Trinajstić information content (AvgIpc) is 3.03. The summed E-state index contributed by atoms with van der Waals surface area (Å²) in [5.41, 5.74) is 6.84. The molecule has 0 bridgehead atoms. The minimum Gasteiger partial charge on any atom is -0.490 e. The Bertz CT molecular complexity index is 867. The highest BCUT2D eigenvalue weighted by atomic mass is 79.9. The maximum atomic E-state index is 12.9. The number of aromatic nitrogens is 2. The van der Waals surface area contributed by atoms with Crippen LogP contribution in [0.15, 0.2) is 34.8 Å². The Balaban J connectivity index is 1.73. The molecule has 150 valence electrons. The Hall–Kier alpha value is -2.35. The molecule has 1 fully saturated rings. The van der Waals surface area contributed by atoms with Gasteiger partial charge in [0.05, 0.1) is 0 Å². The first-order valence-corrected chi connectivity index (χ1v) is 10.2. The zero-order valence-electron chi connectivity index (χ0n) is 16.1. The molecule has 0 radical (unpaired) electrons. The lowest BCUT2D eigenvalue weighted by atomic mass is 9.91. The van der Waals surface area contributed by atoms with Crippen LogP contribution in [-0.4, -0.2) is 45.7 Å². The van der Waals surface area contributed by atoms with Gasteiger partial charge in [-0.1, -0.05) is 22.0 Å². The second kappa shape index (κ2) is 8.77. The lowest BCUT2D eigenvalue weighted by Crippen LogP contribution is -2.49. The van der Waals surface area contributed by atoms with E-state index in [0.717, 1.165) is 15.9 Å². The summed E-state index contributed by atoms with van der Waals surface area (Å²) in [5, 5.41) is 4.38. The van der Waals surface area contributed by atoms with Crippen molar-refractivity contribution in [3.8, 4) is 5.75 Å². The third kappa shape index (κ3) is 4.73. The number of nitrogens with zero attached hydrogens (tertiary/aromatic N) is 3. The van der Waals surface area contributed by atoms with Crippen molar-refractivity contribution in [3.63, 3.8) is 0 Å². The van der Waals surface area contributed by atoms with Gasteiger partial charge in [-0.15, -0.1) is 0 Å². The van der Waals surface area contributed by atoms with Crippen LogP contribution in [0.5, 0.6) is 5.75 Å². The van der Waals surface area contributed by atoms with Crippen molar-refractivity contribution < 1.29 is 14.3 Å². The average molecular weight is 449 g/mol. The monoisotopic (exact) mass is 448 g/mol. The molecule has 1 saturated heterocycles. The molecular formula is C20H25BrN4O3. The van der Waals surface area contributed by atoms with Crippen LogP contribution < -0.4 is 10.5 Å². The molecule has 0 aliphatic carbocycles. The van der Waals surface area contributed by atoms with Gasteiger partial charge in [0.15, 0.2) is 5.69 Å². The van der Waals surface area contributed by atoms with Crippen molar-refractivity contribution in [2.75, 3.05) is 13.1 Å². The summed E-state index contributed by atoms with van der Waals surface area (Å²) in [5.74, 6) is 0.0494. The van der Waals surface area contributed by atoms with Crippen molar-refractivity contribution in [1.82, 2.24) is 14.7 Å². The number of nitrogens with two attached hydrogens (primary N) is 1. The summed E-state index contributed by atoms with van der Waals surface area (Å²) >= 11 is 3.43. The summed E-state index contributed by atoms with van der Waals surface area (Å²) in [4.78, 5) is 26.2. The number of carbonyl (C=O) groups excluding carboxylic acids is 2. The smallest absolute Gasteiger partial charge is 0.274 e. The maximum Gasteiger partial charge on any atom is 0.274 e. The lowest BCUT2D eigenvalue weighted by molar-refractivity contribution is -0.120. The zero-order valence-corrected chi connectivity index (χ0v) is 17.7. The Morgan fingerprint density at radius 1 is 1.36 bits per heavy atom. The number of hydrogen-bond acceptors (Lipinski definition) is 4. The van der Waals surface area contributed by atoms with Crippen molar-refractivity contribution >= 4 is 27.7 Å². The number of hydrogen-bond donors (Lipinski definition) is 1. The van der Waals surface area contributed by atoms with Crippen LogP contribution in [0.1, 0.15) is 35.9 Å². The van der Waals surface area contributed by atoms with Gasteiger partial charge in [0.25, 0.3) is 5.91 Å². The SMILES string of the molecule is CCn1nc(C(=O)N2CC[C@H](Oc3cccc(Br)c3)[C@@H](CC(N)=O)C2)cc1C. The van der Waals surface area contributed by atoms with Gasteiger partial charge >= 0.3 is 0 Å². The van der Waals surface area contributed by atoms with Crippen LogP contribution in [0, 0.1) is 12.8 Å². The van der Waals surface area contributed by atoms with Gasteiger partial charge in [0.2, 0.25) is 5.91 Å². The number of aryl methyl sites for hydroxylation is 2. The van der Waals surface area contributed by atoms with E-state index < -0.39 is 5.91 Å². The molecule has 0 spiro atoms. The molecule has 2 amide bonds. The van der Waals surface area contributed by atoms with E-state index in [1.165, 1.54) is 0 Å². The van der Waals surface area contributed by atoms with Crippen LogP contribution in [0.4, 0.5) is 0 Å². The fourth-order valence-electron chi connectivity index (χ4n) is 3.62. The molecule has 8 heteroatoms. The van der Waals surface area contributed by atoms with E-state index >= 15 is 0 Å². The normalized spacial score (nSPS) is 19.5. The number of halogens is 1. The second-order valence-electron chi connectivity index (χ2n) is 7.07. The van der Waals surface area contributed by atoms with Crippen LogP contribution >= 0.6 is 15.9 Å². The molecule has 2 N–H and O–H groups in total. The standard InChI is InChI=1S/C20H25BrN4O3/c1-3-25-13(2)9-17(23-25)20(27)24-8-7-18(14(12-24)10-19(22)26)28-16-6-4-5-15(21)11-16/h4-6,9,11,14,18H,3,7-8,10,12H2,1-2H3,(H2,22,26)/t14-,18-/m0/s1. The number of carbonyl (C=O) groups is 2. The zero-order chi connectivity index (χ0) is 20.3. The third-order valence-corrected chi connectivity index (χ3v) is 5.49. The first kappa shape index (κ1) is 20.4. The van der Waals surface area contributed by atoms with Crippen LogP contribution in [-0.2, 0) is 11.3 Å². The molecule has 1 aliphatic rings. The van der Waals surface area contributed by atoms with Gasteiger partial charge in [0.1, 0.15) is 11.9 Å². The highest BCUT2D eigenvalue weighted by Crippen LogP contribution is 2.28. The van der Waals surface area contributed by atoms with Crippen LogP contribution in [0.3, 0.4) is 0 Å². The molecule has 0 saturated carbocycles. The first-order valence-electron chi connectivity index (χ1n) is 9.41. The van der Waals surface area contributed by atoms with Crippen LogP contribution in [0.2, 0.25) is 0 Å². The Kier molecular flexibility index (Phi) is 6.39. The van der Waals surface area contributed by atoms with Crippen molar-refractivity contribution in [2.24, 2.45) is 11.7 Å². The molecule has 1 aromatic heterocycles.